The zero-order valence-corrected chi connectivity index (χ0v) is 7.67. The first-order chi connectivity index (χ1) is 5.25. The smallest absolute Gasteiger partial charge is 0.184 e. The van der Waals surface area contributed by atoms with Gasteiger partial charge in [-0.1, -0.05) is 23.2 Å². The topological polar surface area (TPSA) is 12.9 Å². The van der Waals surface area contributed by atoms with E-state index in [0.29, 0.717) is 9.49 Å². The molecule has 0 bridgehead atoms. The summed E-state index contributed by atoms with van der Waals surface area (Å²) in [6, 6.07) is 5.55. The molecule has 11 heavy (non-hydrogen) atoms. The van der Waals surface area contributed by atoms with E-state index in [1.807, 2.05) is 12.1 Å². The summed E-state index contributed by atoms with van der Waals surface area (Å²) in [6.07, 6.45) is 0. The van der Waals surface area contributed by atoms with E-state index in [1.165, 1.54) is 11.3 Å². The molecule has 0 atom stereocenters. The number of thiazole rings is 1. The summed E-state index contributed by atoms with van der Waals surface area (Å²) in [6.45, 7) is 0. The van der Waals surface area contributed by atoms with Gasteiger partial charge in [0.05, 0.1) is 10.2 Å². The molecule has 0 saturated heterocycles. The molecule has 0 amide bonds. The van der Waals surface area contributed by atoms with E-state index in [4.69, 9.17) is 23.2 Å². The van der Waals surface area contributed by atoms with Crippen molar-refractivity contribution in [2.24, 2.45) is 0 Å². The minimum atomic E-state index is 0.558. The Hall–Kier alpha value is -0.310. The largest absolute Gasteiger partial charge is 0.225 e. The molecule has 0 fully saturated rings. The normalized spacial score (nSPS) is 10.7. The first-order valence-electron chi connectivity index (χ1n) is 2.97. The van der Waals surface area contributed by atoms with Gasteiger partial charge in [0.15, 0.2) is 4.47 Å². The lowest BCUT2D eigenvalue weighted by molar-refractivity contribution is 1.50. The van der Waals surface area contributed by atoms with Crippen LogP contribution in [-0.4, -0.2) is 4.98 Å². The van der Waals surface area contributed by atoms with Gasteiger partial charge in [-0.3, -0.25) is 0 Å². The first-order valence-corrected chi connectivity index (χ1v) is 4.54. The zero-order chi connectivity index (χ0) is 7.84. The average molecular weight is 204 g/mol. The van der Waals surface area contributed by atoms with Crippen molar-refractivity contribution in [2.45, 2.75) is 0 Å². The number of halogens is 2. The third-order valence-corrected chi connectivity index (χ3v) is 2.70. The summed E-state index contributed by atoms with van der Waals surface area (Å²) in [5.41, 5.74) is 0.868. The van der Waals surface area contributed by atoms with E-state index >= 15 is 0 Å². The predicted molar refractivity (Wildman–Crippen MR) is 49.6 cm³/mol. The van der Waals surface area contributed by atoms with Crippen LogP contribution in [0.2, 0.25) is 9.49 Å². The van der Waals surface area contributed by atoms with Crippen molar-refractivity contribution >= 4 is 44.8 Å². The SMILES string of the molecule is Clc1ccc2sc(Cl)nc2c1. The van der Waals surface area contributed by atoms with Crippen molar-refractivity contribution in [2.75, 3.05) is 0 Å². The molecule has 0 aliphatic rings. The van der Waals surface area contributed by atoms with Gasteiger partial charge in [-0.15, -0.1) is 11.3 Å². The van der Waals surface area contributed by atoms with E-state index in [1.54, 1.807) is 6.07 Å². The number of rotatable bonds is 0. The molecule has 0 spiro atoms. The van der Waals surface area contributed by atoms with Gasteiger partial charge in [-0.25, -0.2) is 4.98 Å². The van der Waals surface area contributed by atoms with Crippen molar-refractivity contribution in [1.82, 2.24) is 4.98 Å². The molecule has 56 valence electrons. The first kappa shape index (κ1) is 7.35. The highest BCUT2D eigenvalue weighted by atomic mass is 35.5. The van der Waals surface area contributed by atoms with Crippen LogP contribution in [0.5, 0.6) is 0 Å². The molecule has 1 aromatic carbocycles. The van der Waals surface area contributed by atoms with Gasteiger partial charge >= 0.3 is 0 Å². The van der Waals surface area contributed by atoms with Crippen LogP contribution >= 0.6 is 34.5 Å². The van der Waals surface area contributed by atoms with E-state index in [-0.39, 0.29) is 0 Å². The van der Waals surface area contributed by atoms with Crippen molar-refractivity contribution in [1.29, 1.82) is 0 Å². The van der Waals surface area contributed by atoms with Crippen LogP contribution in [-0.2, 0) is 0 Å². The molecule has 0 aliphatic carbocycles. The highest BCUT2D eigenvalue weighted by Crippen LogP contribution is 2.27. The van der Waals surface area contributed by atoms with Gasteiger partial charge in [0.1, 0.15) is 0 Å². The molecule has 0 N–H and O–H groups in total. The fourth-order valence-electron chi connectivity index (χ4n) is 0.872. The predicted octanol–water partition coefficient (Wildman–Crippen LogP) is 3.60. The Morgan fingerprint density at radius 3 is 2.91 bits per heavy atom. The number of aromatic nitrogens is 1. The highest BCUT2D eigenvalue weighted by molar-refractivity contribution is 7.22. The van der Waals surface area contributed by atoms with Crippen LogP contribution in [0.4, 0.5) is 0 Å². The van der Waals surface area contributed by atoms with E-state index in [9.17, 15) is 0 Å². The lowest BCUT2D eigenvalue weighted by atomic mass is 10.3. The second kappa shape index (κ2) is 2.63. The summed E-state index contributed by atoms with van der Waals surface area (Å²) in [5, 5.41) is 0.694. The molecular formula is C7H3Cl2NS. The molecule has 1 aromatic heterocycles. The van der Waals surface area contributed by atoms with Gasteiger partial charge in [0.25, 0.3) is 0 Å². The number of benzene rings is 1. The maximum Gasteiger partial charge on any atom is 0.184 e. The Labute approximate surface area is 77.6 Å². The van der Waals surface area contributed by atoms with Crippen LogP contribution in [0.15, 0.2) is 18.2 Å². The maximum atomic E-state index is 5.75. The summed E-state index contributed by atoms with van der Waals surface area (Å²) in [5.74, 6) is 0. The molecule has 0 saturated carbocycles. The highest BCUT2D eigenvalue weighted by Gasteiger charge is 2.00. The second-order valence-corrected chi connectivity index (χ2v) is 4.13. The maximum absolute atomic E-state index is 5.75. The Morgan fingerprint density at radius 1 is 1.27 bits per heavy atom. The molecule has 2 rings (SSSR count). The number of hydrogen-bond acceptors (Lipinski definition) is 2. The number of hydrogen-bond donors (Lipinski definition) is 0. The summed E-state index contributed by atoms with van der Waals surface area (Å²) in [4.78, 5) is 4.07. The minimum Gasteiger partial charge on any atom is -0.225 e. The lowest BCUT2D eigenvalue weighted by Gasteiger charge is -1.86. The third kappa shape index (κ3) is 1.34. The molecule has 4 heteroatoms. The fraction of sp³-hybridized carbons (Fsp3) is 0. The van der Waals surface area contributed by atoms with Gasteiger partial charge in [0, 0.05) is 5.02 Å². The third-order valence-electron chi connectivity index (χ3n) is 1.32. The van der Waals surface area contributed by atoms with Crippen molar-refractivity contribution in [3.63, 3.8) is 0 Å². The van der Waals surface area contributed by atoms with Gasteiger partial charge in [0.2, 0.25) is 0 Å². The van der Waals surface area contributed by atoms with Crippen molar-refractivity contribution < 1.29 is 0 Å². The molecule has 0 aliphatic heterocycles. The van der Waals surface area contributed by atoms with E-state index in [0.717, 1.165) is 10.2 Å². The van der Waals surface area contributed by atoms with Gasteiger partial charge < -0.3 is 0 Å². The summed E-state index contributed by atoms with van der Waals surface area (Å²) >= 11 is 12.9. The second-order valence-electron chi connectivity index (χ2n) is 2.08. The van der Waals surface area contributed by atoms with Crippen LogP contribution in [0.3, 0.4) is 0 Å². The van der Waals surface area contributed by atoms with E-state index in [2.05, 4.69) is 4.98 Å². The van der Waals surface area contributed by atoms with Crippen molar-refractivity contribution in [3.8, 4) is 0 Å². The Balaban J connectivity index is 2.82. The Kier molecular flexibility index (Phi) is 1.75. The minimum absolute atomic E-state index is 0.558. The average Bonchev–Trinajstić information content (AvgIpc) is 2.27. The Morgan fingerprint density at radius 2 is 2.09 bits per heavy atom. The monoisotopic (exact) mass is 203 g/mol. The van der Waals surface area contributed by atoms with Crippen LogP contribution in [0, 0.1) is 0 Å². The summed E-state index contributed by atoms with van der Waals surface area (Å²) in [7, 11) is 0. The molecular weight excluding hydrogens is 201 g/mol. The zero-order valence-electron chi connectivity index (χ0n) is 5.34. The van der Waals surface area contributed by atoms with Crippen LogP contribution in [0.1, 0.15) is 0 Å². The van der Waals surface area contributed by atoms with Gasteiger partial charge in [-0.05, 0) is 18.2 Å². The fourth-order valence-corrected chi connectivity index (χ4v) is 2.05. The standard InChI is InChI=1S/C7H3Cl2NS/c8-4-1-2-6-5(3-4)10-7(9)11-6/h1-3H. The molecule has 1 heterocycles. The quantitative estimate of drug-likeness (QED) is 0.638. The molecule has 2 aromatic rings. The van der Waals surface area contributed by atoms with Crippen LogP contribution < -0.4 is 0 Å². The van der Waals surface area contributed by atoms with Crippen LogP contribution in [0.25, 0.3) is 10.2 Å². The van der Waals surface area contributed by atoms with Gasteiger partial charge in [-0.2, -0.15) is 0 Å². The lowest BCUT2D eigenvalue weighted by Crippen LogP contribution is -1.66. The number of fused-ring (bicyclic) bond motifs is 1. The van der Waals surface area contributed by atoms with E-state index < -0.39 is 0 Å². The van der Waals surface area contributed by atoms with Crippen molar-refractivity contribution in [3.05, 3.63) is 27.7 Å². The Bertz CT molecular complexity index is 396. The number of nitrogens with zero attached hydrogens (tertiary/aromatic N) is 1. The molecule has 1 nitrogen and oxygen atoms in total. The molecule has 0 unspecified atom stereocenters. The molecule has 0 radical (unpaired) electrons. The summed E-state index contributed by atoms with van der Waals surface area (Å²) < 4.78 is 1.63.